The first-order valence-electron chi connectivity index (χ1n) is 8.67. The second kappa shape index (κ2) is 5.77. The summed E-state index contributed by atoms with van der Waals surface area (Å²) in [7, 11) is 0. The number of ether oxygens (including phenoxy) is 2. The second-order valence-corrected chi connectivity index (χ2v) is 6.61. The van der Waals surface area contributed by atoms with Crippen molar-refractivity contribution in [3.05, 3.63) is 63.4 Å². The van der Waals surface area contributed by atoms with Gasteiger partial charge in [0.1, 0.15) is 11.3 Å². The number of aromatic nitrogens is 1. The summed E-state index contributed by atoms with van der Waals surface area (Å²) in [4.78, 5) is 25.5. The number of amides is 1. The Morgan fingerprint density at radius 3 is 2.93 bits per heavy atom. The van der Waals surface area contributed by atoms with E-state index in [4.69, 9.17) is 9.47 Å². The van der Waals surface area contributed by atoms with Crippen molar-refractivity contribution in [2.75, 3.05) is 6.79 Å². The van der Waals surface area contributed by atoms with Gasteiger partial charge in [0.25, 0.3) is 11.5 Å². The van der Waals surface area contributed by atoms with E-state index in [1.165, 1.54) is 0 Å². The number of aryl methyl sites for hydroxylation is 2. The van der Waals surface area contributed by atoms with Gasteiger partial charge in [0, 0.05) is 18.5 Å². The molecule has 2 aromatic carbocycles. The number of pyridine rings is 1. The minimum absolute atomic E-state index is 0.178. The molecule has 2 aliphatic heterocycles. The highest BCUT2D eigenvalue weighted by Gasteiger charge is 2.26. The highest BCUT2D eigenvalue weighted by molar-refractivity contribution is 6.03. The molecule has 0 atom stereocenters. The van der Waals surface area contributed by atoms with Gasteiger partial charge in [-0.1, -0.05) is 18.2 Å². The van der Waals surface area contributed by atoms with Gasteiger partial charge in [0.15, 0.2) is 11.5 Å². The molecule has 136 valence electrons. The van der Waals surface area contributed by atoms with Gasteiger partial charge >= 0.3 is 0 Å². The minimum atomic E-state index is -0.599. The standard InChI is InChI=1S/C20H16N2O5/c23-18-13-3-1-2-12-6-7-22(17(12)13)20(25)16(18)19(24)21-9-11-4-5-14-15(8-11)27-10-26-14/h1-5,8,23H,6-7,9-10H2,(H,21,24). The average Bonchev–Trinajstić information content (AvgIpc) is 3.31. The van der Waals surface area contributed by atoms with Crippen LogP contribution in [0.3, 0.4) is 0 Å². The lowest BCUT2D eigenvalue weighted by atomic mass is 10.1. The highest BCUT2D eigenvalue weighted by atomic mass is 16.7. The van der Waals surface area contributed by atoms with Crippen LogP contribution < -0.4 is 20.3 Å². The average molecular weight is 364 g/mol. The van der Waals surface area contributed by atoms with Crippen LogP contribution in [0.2, 0.25) is 0 Å². The summed E-state index contributed by atoms with van der Waals surface area (Å²) in [5.41, 5.74) is 1.84. The third-order valence-corrected chi connectivity index (χ3v) is 5.06. The molecule has 2 aliphatic rings. The fourth-order valence-corrected chi connectivity index (χ4v) is 3.75. The van der Waals surface area contributed by atoms with E-state index < -0.39 is 11.5 Å². The van der Waals surface area contributed by atoms with Crippen LogP contribution in [0.4, 0.5) is 0 Å². The number of benzene rings is 2. The minimum Gasteiger partial charge on any atom is -0.506 e. The molecule has 0 saturated heterocycles. The van der Waals surface area contributed by atoms with Crippen molar-refractivity contribution in [3.8, 4) is 17.2 Å². The Hall–Kier alpha value is -3.48. The zero-order valence-electron chi connectivity index (χ0n) is 14.3. The first kappa shape index (κ1) is 15.7. The van der Waals surface area contributed by atoms with Gasteiger partial charge in [-0.2, -0.15) is 0 Å². The molecule has 0 spiro atoms. The predicted molar refractivity (Wildman–Crippen MR) is 97.3 cm³/mol. The largest absolute Gasteiger partial charge is 0.506 e. The summed E-state index contributed by atoms with van der Waals surface area (Å²) in [6, 6.07) is 10.8. The van der Waals surface area contributed by atoms with Crippen LogP contribution in [0.15, 0.2) is 41.2 Å². The molecule has 5 rings (SSSR count). The van der Waals surface area contributed by atoms with E-state index in [1.54, 1.807) is 22.8 Å². The third kappa shape index (κ3) is 2.35. The molecule has 0 aliphatic carbocycles. The van der Waals surface area contributed by atoms with E-state index in [0.29, 0.717) is 35.4 Å². The van der Waals surface area contributed by atoms with Crippen LogP contribution in [0, 0.1) is 0 Å². The lowest BCUT2D eigenvalue weighted by molar-refractivity contribution is 0.0946. The van der Waals surface area contributed by atoms with E-state index >= 15 is 0 Å². The Labute approximate surface area is 153 Å². The maximum Gasteiger partial charge on any atom is 0.267 e. The van der Waals surface area contributed by atoms with E-state index in [9.17, 15) is 14.7 Å². The lowest BCUT2D eigenvalue weighted by Crippen LogP contribution is -2.32. The summed E-state index contributed by atoms with van der Waals surface area (Å²) in [6.07, 6.45) is 0.717. The molecule has 0 saturated carbocycles. The predicted octanol–water partition coefficient (Wildman–Crippen LogP) is 1.92. The van der Waals surface area contributed by atoms with E-state index in [2.05, 4.69) is 5.32 Å². The van der Waals surface area contributed by atoms with Gasteiger partial charge in [0.05, 0.1) is 5.52 Å². The van der Waals surface area contributed by atoms with Crippen molar-refractivity contribution in [2.45, 2.75) is 19.5 Å². The number of fused-ring (bicyclic) bond motifs is 1. The quantitative estimate of drug-likeness (QED) is 0.741. The first-order valence-corrected chi connectivity index (χ1v) is 8.67. The third-order valence-electron chi connectivity index (χ3n) is 5.06. The summed E-state index contributed by atoms with van der Waals surface area (Å²) in [5, 5.41) is 13.8. The van der Waals surface area contributed by atoms with Gasteiger partial charge in [-0.3, -0.25) is 9.59 Å². The van der Waals surface area contributed by atoms with Gasteiger partial charge in [0.2, 0.25) is 6.79 Å². The molecule has 7 nitrogen and oxygen atoms in total. The van der Waals surface area contributed by atoms with Crippen LogP contribution >= 0.6 is 0 Å². The van der Waals surface area contributed by atoms with Crippen molar-refractivity contribution < 1.29 is 19.4 Å². The number of hydrogen-bond acceptors (Lipinski definition) is 5. The molecule has 0 fully saturated rings. The highest BCUT2D eigenvalue weighted by Crippen LogP contribution is 2.33. The summed E-state index contributed by atoms with van der Waals surface area (Å²) >= 11 is 0. The molecular formula is C20H16N2O5. The number of aromatic hydroxyl groups is 1. The number of nitrogens with zero attached hydrogens (tertiary/aromatic N) is 1. The van der Waals surface area contributed by atoms with Crippen molar-refractivity contribution in [1.82, 2.24) is 9.88 Å². The molecule has 2 N–H and O–H groups in total. The Morgan fingerprint density at radius 2 is 2.04 bits per heavy atom. The molecule has 1 amide bonds. The van der Waals surface area contributed by atoms with E-state index in [-0.39, 0.29) is 24.7 Å². The Kier molecular flexibility index (Phi) is 3.36. The molecule has 27 heavy (non-hydrogen) atoms. The van der Waals surface area contributed by atoms with Gasteiger partial charge < -0.3 is 24.5 Å². The van der Waals surface area contributed by atoms with E-state index in [0.717, 1.165) is 11.1 Å². The molecule has 7 heteroatoms. The zero-order chi connectivity index (χ0) is 18.5. The SMILES string of the molecule is O=C(NCc1ccc2c(c1)OCO2)c1c(O)c2cccc3c2n(c1=O)CC3. The van der Waals surface area contributed by atoms with Crippen LogP contribution in [-0.2, 0) is 19.5 Å². The monoisotopic (exact) mass is 364 g/mol. The summed E-state index contributed by atoms with van der Waals surface area (Å²) in [6.45, 7) is 0.890. The molecule has 1 aromatic heterocycles. The molecule has 0 unspecified atom stereocenters. The van der Waals surface area contributed by atoms with E-state index in [1.807, 2.05) is 18.2 Å². The van der Waals surface area contributed by atoms with Gasteiger partial charge in [-0.05, 0) is 35.7 Å². The number of hydrogen-bond donors (Lipinski definition) is 2. The van der Waals surface area contributed by atoms with Crippen molar-refractivity contribution in [3.63, 3.8) is 0 Å². The van der Waals surface area contributed by atoms with Crippen LogP contribution in [-0.4, -0.2) is 22.4 Å². The van der Waals surface area contributed by atoms with Gasteiger partial charge in [-0.25, -0.2) is 0 Å². The van der Waals surface area contributed by atoms with Gasteiger partial charge in [-0.15, -0.1) is 0 Å². The van der Waals surface area contributed by atoms with Crippen LogP contribution in [0.25, 0.3) is 10.9 Å². The maximum absolute atomic E-state index is 12.8. The van der Waals surface area contributed by atoms with Crippen molar-refractivity contribution in [1.29, 1.82) is 0 Å². The zero-order valence-corrected chi connectivity index (χ0v) is 14.3. The van der Waals surface area contributed by atoms with Crippen molar-refractivity contribution in [2.24, 2.45) is 0 Å². The first-order chi connectivity index (χ1) is 13.1. The lowest BCUT2D eigenvalue weighted by Gasteiger charge is -2.12. The normalized spacial score (nSPS) is 13.9. The fourth-order valence-electron chi connectivity index (χ4n) is 3.75. The van der Waals surface area contributed by atoms with Crippen LogP contribution in [0.5, 0.6) is 17.2 Å². The number of nitrogens with one attached hydrogen (secondary N) is 1. The molecular weight excluding hydrogens is 348 g/mol. The molecule has 3 heterocycles. The molecule has 0 bridgehead atoms. The summed E-state index contributed by atoms with van der Waals surface area (Å²) in [5.74, 6) is 0.418. The van der Waals surface area contributed by atoms with Crippen molar-refractivity contribution >= 4 is 16.8 Å². The molecule has 3 aromatic rings. The number of para-hydroxylation sites is 1. The fraction of sp³-hybridized carbons (Fsp3) is 0.200. The van der Waals surface area contributed by atoms with Crippen LogP contribution in [0.1, 0.15) is 21.5 Å². The summed E-state index contributed by atoms with van der Waals surface area (Å²) < 4.78 is 12.2. The Bertz CT molecular complexity index is 1170. The second-order valence-electron chi connectivity index (χ2n) is 6.61. The number of carbonyl (C=O) groups excluding carboxylic acids is 1. The Balaban J connectivity index is 1.47. The smallest absolute Gasteiger partial charge is 0.267 e. The number of carbonyl (C=O) groups is 1. The number of rotatable bonds is 3. The molecule has 0 radical (unpaired) electrons. The topological polar surface area (TPSA) is 89.8 Å². The Morgan fingerprint density at radius 1 is 1.19 bits per heavy atom. The maximum atomic E-state index is 12.8.